The van der Waals surface area contributed by atoms with Gasteiger partial charge in [-0.15, -0.1) is 0 Å². The summed E-state index contributed by atoms with van der Waals surface area (Å²) in [5.41, 5.74) is 1.82. The van der Waals surface area contributed by atoms with Gasteiger partial charge in [0.05, 0.1) is 32.8 Å². The lowest BCUT2D eigenvalue weighted by Gasteiger charge is -2.26. The lowest BCUT2D eigenvalue weighted by Crippen LogP contribution is -2.41. The van der Waals surface area contributed by atoms with E-state index in [1.54, 1.807) is 24.4 Å². The van der Waals surface area contributed by atoms with Gasteiger partial charge in [-0.1, -0.05) is 32.0 Å². The predicted molar refractivity (Wildman–Crippen MR) is 118 cm³/mol. The summed E-state index contributed by atoms with van der Waals surface area (Å²) in [6, 6.07) is 11.3. The first-order valence-corrected chi connectivity index (χ1v) is 10.6. The summed E-state index contributed by atoms with van der Waals surface area (Å²) in [6.07, 6.45) is 3.43. The van der Waals surface area contributed by atoms with Crippen LogP contribution in [0.3, 0.4) is 0 Å². The number of aromatic nitrogens is 1. The first kappa shape index (κ1) is 22.7. The molecule has 0 radical (unpaired) electrons. The summed E-state index contributed by atoms with van der Waals surface area (Å²) in [5.74, 6) is 0.906. The van der Waals surface area contributed by atoms with Crippen LogP contribution in [0.4, 0.5) is 0 Å². The van der Waals surface area contributed by atoms with Crippen LogP contribution in [0.2, 0.25) is 0 Å². The van der Waals surface area contributed by atoms with Crippen molar-refractivity contribution < 1.29 is 19.1 Å². The average Bonchev–Trinajstić information content (AvgIpc) is 2.91. The average molecular weight is 426 g/mol. The van der Waals surface area contributed by atoms with Crippen molar-refractivity contribution in [2.45, 2.75) is 33.0 Å². The lowest BCUT2D eigenvalue weighted by atomic mass is 10.1. The Balaban J connectivity index is 1.72. The van der Waals surface area contributed by atoms with Crippen LogP contribution in [0, 0.1) is 5.92 Å². The van der Waals surface area contributed by atoms with E-state index in [-0.39, 0.29) is 30.9 Å². The molecule has 0 aliphatic carbocycles. The molecule has 3 rings (SSSR count). The Bertz CT molecular complexity index is 872. The highest BCUT2D eigenvalue weighted by Gasteiger charge is 2.31. The van der Waals surface area contributed by atoms with Crippen LogP contribution >= 0.6 is 0 Å². The summed E-state index contributed by atoms with van der Waals surface area (Å²) in [7, 11) is 1.60. The largest absolute Gasteiger partial charge is 0.497 e. The summed E-state index contributed by atoms with van der Waals surface area (Å²) in [4.78, 5) is 33.5. The number of ether oxygens (including phenoxy) is 2. The maximum atomic E-state index is 13.1. The van der Waals surface area contributed by atoms with Crippen molar-refractivity contribution in [1.82, 2.24) is 14.8 Å². The first-order valence-electron chi connectivity index (χ1n) is 10.6. The molecule has 166 valence electrons. The van der Waals surface area contributed by atoms with E-state index in [4.69, 9.17) is 9.47 Å². The molecule has 1 saturated heterocycles. The Morgan fingerprint density at radius 1 is 1.19 bits per heavy atom. The minimum Gasteiger partial charge on any atom is -0.497 e. The Morgan fingerprint density at radius 3 is 2.71 bits per heavy atom. The van der Waals surface area contributed by atoms with E-state index in [0.29, 0.717) is 37.9 Å². The van der Waals surface area contributed by atoms with E-state index in [2.05, 4.69) is 18.8 Å². The van der Waals surface area contributed by atoms with Gasteiger partial charge in [0, 0.05) is 32.0 Å². The molecule has 2 aromatic rings. The molecule has 7 heteroatoms. The minimum absolute atomic E-state index is 0.0415. The van der Waals surface area contributed by atoms with Crippen LogP contribution in [-0.2, 0) is 27.4 Å². The fourth-order valence-corrected chi connectivity index (χ4v) is 3.66. The molecular formula is C24H31N3O4. The summed E-state index contributed by atoms with van der Waals surface area (Å²) < 4.78 is 11.4. The lowest BCUT2D eigenvalue weighted by molar-refractivity contribution is -0.138. The Morgan fingerprint density at radius 2 is 2.00 bits per heavy atom. The van der Waals surface area contributed by atoms with Crippen LogP contribution < -0.4 is 4.74 Å². The molecule has 1 aliphatic heterocycles. The molecule has 1 aliphatic rings. The molecule has 1 aromatic heterocycles. The smallest absolute Gasteiger partial charge is 0.242 e. The monoisotopic (exact) mass is 425 g/mol. The van der Waals surface area contributed by atoms with E-state index in [9.17, 15) is 9.59 Å². The highest BCUT2D eigenvalue weighted by atomic mass is 16.5. The number of nitrogens with zero attached hydrogens (tertiary/aromatic N) is 3. The number of methoxy groups -OCH3 is 1. The molecule has 0 saturated carbocycles. The van der Waals surface area contributed by atoms with Crippen molar-refractivity contribution >= 4 is 11.8 Å². The quantitative estimate of drug-likeness (QED) is 0.650. The SMILES string of the molecule is COc1cccc(CC(=O)N2CC(=O)N(CC(C)C)C[C@H](OCc3cccnc3)C2)c1. The molecular weight excluding hydrogens is 394 g/mol. The molecule has 2 heterocycles. The van der Waals surface area contributed by atoms with Crippen molar-refractivity contribution in [1.29, 1.82) is 0 Å². The number of carbonyl (C=O) groups excluding carboxylic acids is 2. The van der Waals surface area contributed by atoms with Crippen LogP contribution in [0.1, 0.15) is 25.0 Å². The van der Waals surface area contributed by atoms with Crippen molar-refractivity contribution in [3.63, 3.8) is 0 Å². The van der Waals surface area contributed by atoms with Crippen molar-refractivity contribution in [2.75, 3.05) is 33.3 Å². The van der Waals surface area contributed by atoms with Gasteiger partial charge in [0.2, 0.25) is 11.8 Å². The van der Waals surface area contributed by atoms with Gasteiger partial charge in [-0.3, -0.25) is 14.6 Å². The number of amides is 2. The van der Waals surface area contributed by atoms with E-state index < -0.39 is 0 Å². The molecule has 1 fully saturated rings. The third-order valence-electron chi connectivity index (χ3n) is 5.16. The number of hydrogen-bond donors (Lipinski definition) is 0. The Hall–Kier alpha value is -2.93. The van der Waals surface area contributed by atoms with Gasteiger partial charge >= 0.3 is 0 Å². The van der Waals surface area contributed by atoms with Crippen LogP contribution in [-0.4, -0.2) is 66.0 Å². The molecule has 0 N–H and O–H groups in total. The van der Waals surface area contributed by atoms with E-state index in [1.165, 1.54) is 0 Å². The fraction of sp³-hybridized carbons (Fsp3) is 0.458. The van der Waals surface area contributed by atoms with Gasteiger partial charge in [-0.05, 0) is 35.2 Å². The van der Waals surface area contributed by atoms with Crippen molar-refractivity contribution in [2.24, 2.45) is 5.92 Å². The Kier molecular flexibility index (Phi) is 8.00. The Labute approximate surface area is 184 Å². The van der Waals surface area contributed by atoms with Gasteiger partial charge < -0.3 is 19.3 Å². The molecule has 31 heavy (non-hydrogen) atoms. The van der Waals surface area contributed by atoms with Gasteiger partial charge in [-0.25, -0.2) is 0 Å². The molecule has 7 nitrogen and oxygen atoms in total. The van der Waals surface area contributed by atoms with E-state index in [0.717, 1.165) is 11.1 Å². The van der Waals surface area contributed by atoms with Crippen LogP contribution in [0.15, 0.2) is 48.8 Å². The van der Waals surface area contributed by atoms with E-state index in [1.807, 2.05) is 41.3 Å². The molecule has 0 unspecified atom stereocenters. The van der Waals surface area contributed by atoms with Gasteiger partial charge in [0.15, 0.2) is 0 Å². The van der Waals surface area contributed by atoms with Gasteiger partial charge in [0.25, 0.3) is 0 Å². The third-order valence-corrected chi connectivity index (χ3v) is 5.16. The first-order chi connectivity index (χ1) is 14.9. The number of pyridine rings is 1. The summed E-state index contributed by atoms with van der Waals surface area (Å²) >= 11 is 0. The topological polar surface area (TPSA) is 72.0 Å². The summed E-state index contributed by atoms with van der Waals surface area (Å²) in [5, 5.41) is 0. The summed E-state index contributed by atoms with van der Waals surface area (Å²) in [6.45, 7) is 6.11. The highest BCUT2D eigenvalue weighted by Crippen LogP contribution is 2.16. The second kappa shape index (κ2) is 10.9. The van der Waals surface area contributed by atoms with Gasteiger partial charge in [-0.2, -0.15) is 0 Å². The van der Waals surface area contributed by atoms with Crippen molar-refractivity contribution in [3.05, 3.63) is 59.9 Å². The second-order valence-corrected chi connectivity index (χ2v) is 8.29. The zero-order chi connectivity index (χ0) is 22.2. The van der Waals surface area contributed by atoms with Crippen molar-refractivity contribution in [3.8, 4) is 5.75 Å². The molecule has 2 amide bonds. The maximum absolute atomic E-state index is 13.1. The normalized spacial score (nSPS) is 17.0. The standard InChI is InChI=1S/C24H31N3O4/c1-18(2)13-26-14-22(31-17-20-7-5-9-25-12-20)15-27(16-24(26)29)23(28)11-19-6-4-8-21(10-19)30-3/h4-10,12,18,22H,11,13-17H2,1-3H3/t22-/m0/s1. The molecule has 1 atom stereocenters. The molecule has 0 spiro atoms. The second-order valence-electron chi connectivity index (χ2n) is 8.29. The van der Waals surface area contributed by atoms with Gasteiger partial charge in [0.1, 0.15) is 5.75 Å². The minimum atomic E-state index is -0.264. The number of benzene rings is 1. The van der Waals surface area contributed by atoms with Crippen LogP contribution in [0.5, 0.6) is 5.75 Å². The fourth-order valence-electron chi connectivity index (χ4n) is 3.66. The number of carbonyl (C=O) groups is 2. The maximum Gasteiger partial charge on any atom is 0.242 e. The molecule has 0 bridgehead atoms. The number of hydrogen-bond acceptors (Lipinski definition) is 5. The van der Waals surface area contributed by atoms with E-state index >= 15 is 0 Å². The number of rotatable bonds is 8. The molecule has 1 aromatic carbocycles. The van der Waals surface area contributed by atoms with Crippen LogP contribution in [0.25, 0.3) is 0 Å². The predicted octanol–water partition coefficient (Wildman–Crippen LogP) is 2.54. The highest BCUT2D eigenvalue weighted by molar-refractivity contribution is 5.86. The zero-order valence-electron chi connectivity index (χ0n) is 18.5. The zero-order valence-corrected chi connectivity index (χ0v) is 18.5. The third kappa shape index (κ3) is 6.79.